The second-order valence-electron chi connectivity index (χ2n) is 5.01. The van der Waals surface area contributed by atoms with E-state index in [1.165, 1.54) is 20.4 Å². The lowest BCUT2D eigenvalue weighted by molar-refractivity contribution is 0.0954. The number of halogens is 1. The van der Waals surface area contributed by atoms with E-state index in [4.69, 9.17) is 18.9 Å². The summed E-state index contributed by atoms with van der Waals surface area (Å²) in [6, 6.07) is 8.40. The maximum Gasteiger partial charge on any atom is 0.271 e. The minimum atomic E-state index is -0.373. The number of ether oxygens (including phenoxy) is 4. The summed E-state index contributed by atoms with van der Waals surface area (Å²) in [5.41, 5.74) is 3.59. The molecule has 0 radical (unpaired) electrons. The first-order valence-corrected chi connectivity index (χ1v) is 8.30. The Balaban J connectivity index is 2.13. The van der Waals surface area contributed by atoms with Gasteiger partial charge in [-0.25, -0.2) is 5.43 Å². The average Bonchev–Trinajstić information content (AvgIpc) is 2.66. The Morgan fingerprint density at radius 1 is 0.962 bits per heavy atom. The first kappa shape index (κ1) is 19.6. The normalized spacial score (nSPS) is 10.5. The molecule has 26 heavy (non-hydrogen) atoms. The zero-order valence-electron chi connectivity index (χ0n) is 14.8. The third kappa shape index (κ3) is 4.45. The lowest BCUT2D eigenvalue weighted by Gasteiger charge is -2.10. The van der Waals surface area contributed by atoms with Crippen molar-refractivity contribution in [2.75, 3.05) is 28.4 Å². The Bertz CT molecular complexity index is 823. The van der Waals surface area contributed by atoms with Gasteiger partial charge in [-0.1, -0.05) is 0 Å². The van der Waals surface area contributed by atoms with E-state index in [9.17, 15) is 4.79 Å². The fraction of sp³-hybridized carbons (Fsp3) is 0.222. The molecular weight excluding hydrogens is 404 g/mol. The molecule has 0 fully saturated rings. The molecule has 0 saturated carbocycles. The SMILES string of the molecule is COc1ccc(C(=O)N/N=C/c2cc(Br)c(OC)c(OC)c2)cc1OC. The summed E-state index contributed by atoms with van der Waals surface area (Å²) in [5.74, 6) is 1.77. The van der Waals surface area contributed by atoms with Crippen molar-refractivity contribution < 1.29 is 23.7 Å². The summed E-state index contributed by atoms with van der Waals surface area (Å²) >= 11 is 3.41. The quantitative estimate of drug-likeness (QED) is 0.547. The van der Waals surface area contributed by atoms with Gasteiger partial charge in [0.05, 0.1) is 39.1 Å². The Kier molecular flexibility index (Phi) is 6.85. The topological polar surface area (TPSA) is 78.4 Å². The summed E-state index contributed by atoms with van der Waals surface area (Å²) in [6.07, 6.45) is 1.51. The number of hydrazone groups is 1. The van der Waals surface area contributed by atoms with Crippen LogP contribution in [0.25, 0.3) is 0 Å². The number of benzene rings is 2. The Labute approximate surface area is 160 Å². The van der Waals surface area contributed by atoms with Gasteiger partial charge in [-0.15, -0.1) is 0 Å². The predicted molar refractivity (Wildman–Crippen MR) is 102 cm³/mol. The van der Waals surface area contributed by atoms with Gasteiger partial charge in [0, 0.05) is 5.56 Å². The van der Waals surface area contributed by atoms with Crippen molar-refractivity contribution >= 4 is 28.1 Å². The van der Waals surface area contributed by atoms with Crippen molar-refractivity contribution in [2.24, 2.45) is 5.10 Å². The molecule has 7 nitrogen and oxygen atoms in total. The minimum absolute atomic E-state index is 0.373. The van der Waals surface area contributed by atoms with Gasteiger partial charge >= 0.3 is 0 Å². The van der Waals surface area contributed by atoms with E-state index < -0.39 is 0 Å². The van der Waals surface area contributed by atoms with Gasteiger partial charge in [-0.3, -0.25) is 4.79 Å². The van der Waals surface area contributed by atoms with Crippen LogP contribution in [-0.2, 0) is 0 Å². The highest BCUT2D eigenvalue weighted by molar-refractivity contribution is 9.10. The molecule has 0 aromatic heterocycles. The molecule has 8 heteroatoms. The lowest BCUT2D eigenvalue weighted by atomic mass is 10.2. The molecular formula is C18H19BrN2O5. The van der Waals surface area contributed by atoms with E-state index in [-0.39, 0.29) is 5.91 Å². The number of carbonyl (C=O) groups is 1. The molecule has 2 aromatic carbocycles. The summed E-state index contributed by atoms with van der Waals surface area (Å²) < 4.78 is 21.6. The molecule has 0 bridgehead atoms. The van der Waals surface area contributed by atoms with Gasteiger partial charge in [0.2, 0.25) is 0 Å². The van der Waals surface area contributed by atoms with Gasteiger partial charge in [0.1, 0.15) is 0 Å². The van der Waals surface area contributed by atoms with Crippen LogP contribution in [0.15, 0.2) is 39.9 Å². The van der Waals surface area contributed by atoms with Gasteiger partial charge in [-0.05, 0) is 51.8 Å². The van der Waals surface area contributed by atoms with Crippen molar-refractivity contribution in [1.29, 1.82) is 0 Å². The van der Waals surface area contributed by atoms with Crippen molar-refractivity contribution in [1.82, 2.24) is 5.43 Å². The van der Waals surface area contributed by atoms with Gasteiger partial charge in [-0.2, -0.15) is 5.10 Å². The number of nitrogens with one attached hydrogen (secondary N) is 1. The number of nitrogens with zero attached hydrogens (tertiary/aromatic N) is 1. The molecule has 0 aliphatic rings. The Morgan fingerprint density at radius 3 is 2.27 bits per heavy atom. The van der Waals surface area contributed by atoms with E-state index in [0.29, 0.717) is 33.0 Å². The van der Waals surface area contributed by atoms with E-state index in [2.05, 4.69) is 26.5 Å². The zero-order chi connectivity index (χ0) is 19.1. The standard InChI is InChI=1S/C18H19BrN2O5/c1-23-14-6-5-12(9-15(14)24-2)18(22)21-20-10-11-7-13(19)17(26-4)16(8-11)25-3/h5-10H,1-4H3,(H,21,22)/b20-10+. The maximum atomic E-state index is 12.2. The van der Waals surface area contributed by atoms with Crippen LogP contribution in [-0.4, -0.2) is 40.6 Å². The van der Waals surface area contributed by atoms with E-state index in [1.807, 2.05) is 0 Å². The molecule has 2 aromatic rings. The Hall–Kier alpha value is -2.74. The predicted octanol–water partition coefficient (Wildman–Crippen LogP) is 3.25. The van der Waals surface area contributed by atoms with E-state index in [1.54, 1.807) is 44.6 Å². The van der Waals surface area contributed by atoms with Gasteiger partial charge < -0.3 is 18.9 Å². The average molecular weight is 423 g/mol. The van der Waals surface area contributed by atoms with Crippen LogP contribution < -0.4 is 24.4 Å². The van der Waals surface area contributed by atoms with Crippen LogP contribution in [0.4, 0.5) is 0 Å². The smallest absolute Gasteiger partial charge is 0.271 e. The van der Waals surface area contributed by atoms with Crippen LogP contribution in [0.1, 0.15) is 15.9 Å². The van der Waals surface area contributed by atoms with Crippen LogP contribution >= 0.6 is 15.9 Å². The molecule has 0 aliphatic heterocycles. The van der Waals surface area contributed by atoms with Crippen molar-refractivity contribution in [2.45, 2.75) is 0 Å². The minimum Gasteiger partial charge on any atom is -0.493 e. The van der Waals surface area contributed by atoms with Crippen LogP contribution in [0, 0.1) is 0 Å². The molecule has 1 N–H and O–H groups in total. The highest BCUT2D eigenvalue weighted by Crippen LogP contribution is 2.35. The summed E-state index contributed by atoms with van der Waals surface area (Å²) in [5, 5.41) is 3.97. The van der Waals surface area contributed by atoms with Gasteiger partial charge in [0.25, 0.3) is 5.91 Å². The summed E-state index contributed by atoms with van der Waals surface area (Å²) in [7, 11) is 6.14. The third-order valence-corrected chi connectivity index (χ3v) is 4.07. The molecule has 0 unspecified atom stereocenters. The number of hydrogen-bond donors (Lipinski definition) is 1. The molecule has 0 aliphatic carbocycles. The van der Waals surface area contributed by atoms with Gasteiger partial charge in [0.15, 0.2) is 23.0 Å². The fourth-order valence-electron chi connectivity index (χ4n) is 2.22. The molecule has 0 saturated heterocycles. The van der Waals surface area contributed by atoms with Crippen molar-refractivity contribution in [3.05, 3.63) is 45.9 Å². The number of hydrogen-bond acceptors (Lipinski definition) is 6. The number of methoxy groups -OCH3 is 4. The molecule has 0 spiro atoms. The first-order chi connectivity index (χ1) is 12.5. The molecule has 0 atom stereocenters. The second-order valence-corrected chi connectivity index (χ2v) is 5.86. The molecule has 138 valence electrons. The molecule has 1 amide bonds. The molecule has 0 heterocycles. The number of carbonyl (C=O) groups excluding carboxylic acids is 1. The number of rotatable bonds is 7. The Morgan fingerprint density at radius 2 is 1.65 bits per heavy atom. The monoisotopic (exact) mass is 422 g/mol. The summed E-state index contributed by atoms with van der Waals surface area (Å²) in [4.78, 5) is 12.2. The largest absolute Gasteiger partial charge is 0.493 e. The highest BCUT2D eigenvalue weighted by Gasteiger charge is 2.11. The molecule has 2 rings (SSSR count). The maximum absolute atomic E-state index is 12.2. The van der Waals surface area contributed by atoms with Crippen LogP contribution in [0.3, 0.4) is 0 Å². The van der Waals surface area contributed by atoms with E-state index in [0.717, 1.165) is 5.56 Å². The van der Waals surface area contributed by atoms with Crippen molar-refractivity contribution in [3.8, 4) is 23.0 Å². The second kappa shape index (κ2) is 9.10. The zero-order valence-corrected chi connectivity index (χ0v) is 16.4. The summed E-state index contributed by atoms with van der Waals surface area (Å²) in [6.45, 7) is 0. The first-order valence-electron chi connectivity index (χ1n) is 7.51. The van der Waals surface area contributed by atoms with Crippen LogP contribution in [0.5, 0.6) is 23.0 Å². The van der Waals surface area contributed by atoms with Crippen LogP contribution in [0.2, 0.25) is 0 Å². The fourth-order valence-corrected chi connectivity index (χ4v) is 2.84. The number of amides is 1. The third-order valence-electron chi connectivity index (χ3n) is 3.48. The lowest BCUT2D eigenvalue weighted by Crippen LogP contribution is -2.17. The highest BCUT2D eigenvalue weighted by atomic mass is 79.9. The van der Waals surface area contributed by atoms with Crippen molar-refractivity contribution in [3.63, 3.8) is 0 Å². The van der Waals surface area contributed by atoms with E-state index >= 15 is 0 Å².